The second kappa shape index (κ2) is 10.5. The third-order valence-corrected chi connectivity index (χ3v) is 7.73. The molecule has 2 saturated heterocycles. The highest BCUT2D eigenvalue weighted by Gasteiger charge is 2.45. The number of hydrogen-bond donors (Lipinski definition) is 1. The molecule has 1 saturated carbocycles. The molecule has 1 N–H and O–H groups in total. The Morgan fingerprint density at radius 2 is 1.55 bits per heavy atom. The largest absolute Gasteiger partial charge is 0.465 e. The molecule has 1 aliphatic carbocycles. The summed E-state index contributed by atoms with van der Waals surface area (Å²) in [5.74, 6) is 0.782. The second-order valence-corrected chi connectivity index (χ2v) is 12.6. The van der Waals surface area contributed by atoms with Crippen LogP contribution >= 0.6 is 0 Å². The van der Waals surface area contributed by atoms with Gasteiger partial charge in [0.1, 0.15) is 6.61 Å². The summed E-state index contributed by atoms with van der Waals surface area (Å²) >= 11 is 0. The summed E-state index contributed by atoms with van der Waals surface area (Å²) < 4.78 is 28.9. The van der Waals surface area contributed by atoms with Crippen molar-refractivity contribution in [2.75, 3.05) is 33.0 Å². The molecule has 0 radical (unpaired) electrons. The Bertz CT molecular complexity index is 638. The van der Waals surface area contributed by atoms with E-state index in [9.17, 15) is 9.90 Å². The second-order valence-electron chi connectivity index (χ2n) is 12.6. The maximum Gasteiger partial charge on any atom is 0.305 e. The predicted octanol–water partition coefficient (Wildman–Crippen LogP) is 4.16. The number of hydrogen-bond acceptors (Lipinski definition) is 7. The Morgan fingerprint density at radius 1 is 0.970 bits per heavy atom. The Labute approximate surface area is 199 Å². The highest BCUT2D eigenvalue weighted by atomic mass is 16.7. The molecule has 192 valence electrons. The Balaban J connectivity index is 1.41. The van der Waals surface area contributed by atoms with Gasteiger partial charge in [-0.1, -0.05) is 41.5 Å². The van der Waals surface area contributed by atoms with Crippen LogP contribution < -0.4 is 0 Å². The molecule has 0 aromatic heterocycles. The van der Waals surface area contributed by atoms with E-state index < -0.39 is 11.7 Å². The molecule has 33 heavy (non-hydrogen) atoms. The van der Waals surface area contributed by atoms with Gasteiger partial charge in [0, 0.05) is 11.8 Å². The molecule has 1 spiro atoms. The Morgan fingerprint density at radius 3 is 2.12 bits per heavy atom. The summed E-state index contributed by atoms with van der Waals surface area (Å²) in [5.41, 5.74) is -0.656. The van der Waals surface area contributed by atoms with Crippen LogP contribution in [0.4, 0.5) is 0 Å². The summed E-state index contributed by atoms with van der Waals surface area (Å²) in [6, 6.07) is 0. The van der Waals surface area contributed by atoms with Gasteiger partial charge in [-0.05, 0) is 49.4 Å². The van der Waals surface area contributed by atoms with Crippen LogP contribution in [0.3, 0.4) is 0 Å². The molecule has 4 atom stereocenters. The quantitative estimate of drug-likeness (QED) is 0.584. The van der Waals surface area contributed by atoms with Crippen LogP contribution in [-0.2, 0) is 28.5 Å². The van der Waals surface area contributed by atoms with E-state index in [-0.39, 0.29) is 47.6 Å². The van der Waals surface area contributed by atoms with Crippen LogP contribution in [-0.4, -0.2) is 62.8 Å². The van der Waals surface area contributed by atoms with Gasteiger partial charge in [0.2, 0.25) is 0 Å². The molecular formula is C26H46O7. The fraction of sp³-hybridized carbons (Fsp3) is 0.962. The SMILES string of the molecule is CC1OCC2(CO1)COC(C(C)(C)COC(=O)CCC1CC(C)C(O)C(C(C)(C)C)C1)OC2. The molecule has 0 bridgehead atoms. The summed E-state index contributed by atoms with van der Waals surface area (Å²) in [6.45, 7) is 17.0. The highest BCUT2D eigenvalue weighted by Crippen LogP contribution is 2.44. The smallest absolute Gasteiger partial charge is 0.305 e. The average molecular weight is 471 g/mol. The molecule has 3 rings (SSSR count). The third kappa shape index (κ3) is 6.91. The van der Waals surface area contributed by atoms with E-state index in [1.54, 1.807) is 0 Å². The molecule has 4 unspecified atom stereocenters. The van der Waals surface area contributed by atoms with Crippen molar-refractivity contribution in [3.8, 4) is 0 Å². The lowest BCUT2D eigenvalue weighted by molar-refractivity contribution is -0.320. The first kappa shape index (κ1) is 26.9. The molecule has 7 heteroatoms. The molecule has 2 aliphatic heterocycles. The van der Waals surface area contributed by atoms with Crippen molar-refractivity contribution in [2.45, 2.75) is 92.8 Å². The fourth-order valence-corrected chi connectivity index (χ4v) is 5.38. The van der Waals surface area contributed by atoms with Crippen LogP contribution in [0.2, 0.25) is 0 Å². The molecule has 0 aromatic carbocycles. The van der Waals surface area contributed by atoms with Gasteiger partial charge in [-0.2, -0.15) is 0 Å². The van der Waals surface area contributed by atoms with E-state index in [0.717, 1.165) is 19.3 Å². The van der Waals surface area contributed by atoms with Crippen molar-refractivity contribution in [2.24, 2.45) is 34.0 Å². The van der Waals surface area contributed by atoms with E-state index >= 15 is 0 Å². The minimum Gasteiger partial charge on any atom is -0.465 e. The fourth-order valence-electron chi connectivity index (χ4n) is 5.38. The van der Waals surface area contributed by atoms with Gasteiger partial charge in [0.25, 0.3) is 0 Å². The zero-order valence-electron chi connectivity index (χ0n) is 21.7. The number of carbonyl (C=O) groups excluding carboxylic acids is 1. The minimum absolute atomic E-state index is 0.0591. The average Bonchev–Trinajstić information content (AvgIpc) is 2.75. The van der Waals surface area contributed by atoms with E-state index in [1.165, 1.54) is 0 Å². The number of esters is 1. The maximum absolute atomic E-state index is 12.5. The number of rotatable bonds is 6. The molecule has 0 aromatic rings. The Hall–Kier alpha value is -0.730. The summed E-state index contributed by atoms with van der Waals surface area (Å²) in [6.07, 6.45) is 2.24. The van der Waals surface area contributed by atoms with Crippen molar-refractivity contribution in [3.05, 3.63) is 0 Å². The topological polar surface area (TPSA) is 83.5 Å². The van der Waals surface area contributed by atoms with E-state index in [1.807, 2.05) is 20.8 Å². The van der Waals surface area contributed by atoms with Crippen LogP contribution in [0.1, 0.15) is 74.1 Å². The van der Waals surface area contributed by atoms with Crippen molar-refractivity contribution in [3.63, 3.8) is 0 Å². The maximum atomic E-state index is 12.5. The number of aliphatic hydroxyl groups is 1. The van der Waals surface area contributed by atoms with Crippen molar-refractivity contribution >= 4 is 5.97 Å². The minimum atomic E-state index is -0.457. The molecule has 3 aliphatic rings. The zero-order chi connectivity index (χ0) is 24.4. The first-order valence-electron chi connectivity index (χ1n) is 12.6. The lowest BCUT2D eigenvalue weighted by atomic mass is 9.63. The van der Waals surface area contributed by atoms with Crippen molar-refractivity contribution in [1.82, 2.24) is 0 Å². The van der Waals surface area contributed by atoms with Crippen molar-refractivity contribution in [1.29, 1.82) is 0 Å². The number of ether oxygens (including phenoxy) is 5. The van der Waals surface area contributed by atoms with Crippen LogP contribution in [0.15, 0.2) is 0 Å². The number of carbonyl (C=O) groups is 1. The third-order valence-electron chi connectivity index (χ3n) is 7.73. The normalized spacial score (nSPS) is 38.3. The molecule has 3 fully saturated rings. The summed E-state index contributed by atoms with van der Waals surface area (Å²) in [5, 5.41) is 10.6. The molecule has 0 amide bonds. The number of aliphatic hydroxyl groups excluding tert-OH is 1. The lowest BCUT2D eigenvalue weighted by Crippen LogP contribution is -2.54. The van der Waals surface area contributed by atoms with Gasteiger partial charge in [-0.25, -0.2) is 0 Å². The lowest BCUT2D eigenvalue weighted by Gasteiger charge is -2.46. The molecule has 2 heterocycles. The highest BCUT2D eigenvalue weighted by molar-refractivity contribution is 5.69. The van der Waals surface area contributed by atoms with Gasteiger partial charge in [0.05, 0.1) is 37.9 Å². The monoisotopic (exact) mass is 470 g/mol. The first-order valence-corrected chi connectivity index (χ1v) is 12.6. The van der Waals surface area contributed by atoms with Gasteiger partial charge in [0.15, 0.2) is 12.6 Å². The van der Waals surface area contributed by atoms with Crippen molar-refractivity contribution < 1.29 is 33.6 Å². The van der Waals surface area contributed by atoms with Crippen LogP contribution in [0, 0.1) is 34.0 Å². The summed E-state index contributed by atoms with van der Waals surface area (Å²) in [4.78, 5) is 12.5. The van der Waals surface area contributed by atoms with Gasteiger partial charge in [-0.3, -0.25) is 4.79 Å². The standard InChI is InChI=1S/C26H46O7/c1-17-10-19(11-20(22(17)28)24(3,4)5)8-9-21(27)31-12-25(6,7)23-32-15-26(16-33-23)13-29-18(2)30-14-26/h17-20,22-23,28H,8-16H2,1-7H3. The van der Waals surface area contributed by atoms with E-state index in [2.05, 4.69) is 27.7 Å². The summed E-state index contributed by atoms with van der Waals surface area (Å²) in [7, 11) is 0. The van der Waals surface area contributed by atoms with Gasteiger partial charge >= 0.3 is 5.97 Å². The zero-order valence-corrected chi connectivity index (χ0v) is 21.7. The van der Waals surface area contributed by atoms with Gasteiger partial charge < -0.3 is 28.8 Å². The molecule has 7 nitrogen and oxygen atoms in total. The van der Waals surface area contributed by atoms with Gasteiger partial charge in [-0.15, -0.1) is 0 Å². The predicted molar refractivity (Wildman–Crippen MR) is 124 cm³/mol. The first-order chi connectivity index (χ1) is 15.3. The Kier molecular flexibility index (Phi) is 8.54. The van der Waals surface area contributed by atoms with E-state index in [0.29, 0.717) is 38.8 Å². The van der Waals surface area contributed by atoms with E-state index in [4.69, 9.17) is 23.7 Å². The van der Waals surface area contributed by atoms with Crippen LogP contribution in [0.25, 0.3) is 0 Å². The van der Waals surface area contributed by atoms with Crippen LogP contribution in [0.5, 0.6) is 0 Å². The molecular weight excluding hydrogens is 424 g/mol.